The zero-order valence-electron chi connectivity index (χ0n) is 15.5. The second kappa shape index (κ2) is 8.06. The molecule has 8 heteroatoms. The molecule has 2 heterocycles. The summed E-state index contributed by atoms with van der Waals surface area (Å²) in [5.74, 6) is -0.208. The van der Waals surface area contributed by atoms with E-state index in [0.717, 1.165) is 5.69 Å². The van der Waals surface area contributed by atoms with Crippen LogP contribution in [0.3, 0.4) is 0 Å². The molecule has 1 fully saturated rings. The maximum Gasteiger partial charge on any atom is 0.251 e. The minimum atomic E-state index is -3.57. The fourth-order valence-corrected chi connectivity index (χ4v) is 4.44. The van der Waals surface area contributed by atoms with Crippen LogP contribution in [0.2, 0.25) is 0 Å². The summed E-state index contributed by atoms with van der Waals surface area (Å²) in [5.41, 5.74) is 1.49. The smallest absolute Gasteiger partial charge is 0.251 e. The van der Waals surface area contributed by atoms with E-state index in [1.165, 1.54) is 16.4 Å². The van der Waals surface area contributed by atoms with Crippen LogP contribution >= 0.6 is 0 Å². The van der Waals surface area contributed by atoms with Gasteiger partial charge in [0.1, 0.15) is 0 Å². The SMILES string of the molecule is CC(C)NC(=O)c1ccc(S(=O)(=O)N2CCN(c3ccncc3)CC2)cc1. The lowest BCUT2D eigenvalue weighted by molar-refractivity contribution is 0.0943. The lowest BCUT2D eigenvalue weighted by Gasteiger charge is -2.35. The highest BCUT2D eigenvalue weighted by atomic mass is 32.2. The number of sulfonamides is 1. The monoisotopic (exact) mass is 388 g/mol. The molecule has 1 aliphatic rings. The Kier molecular flexibility index (Phi) is 5.76. The largest absolute Gasteiger partial charge is 0.369 e. The van der Waals surface area contributed by atoms with Gasteiger partial charge in [-0.1, -0.05) is 0 Å². The number of anilines is 1. The summed E-state index contributed by atoms with van der Waals surface area (Å²) in [6.45, 7) is 5.83. The van der Waals surface area contributed by atoms with E-state index in [-0.39, 0.29) is 16.8 Å². The van der Waals surface area contributed by atoms with Crippen LogP contribution in [-0.2, 0) is 10.0 Å². The summed E-state index contributed by atoms with van der Waals surface area (Å²) in [6, 6.07) is 9.98. The van der Waals surface area contributed by atoms with E-state index < -0.39 is 10.0 Å². The molecular formula is C19H24N4O3S. The summed E-state index contributed by atoms with van der Waals surface area (Å²) in [7, 11) is -3.57. The van der Waals surface area contributed by atoms with Crippen molar-refractivity contribution in [2.45, 2.75) is 24.8 Å². The zero-order valence-corrected chi connectivity index (χ0v) is 16.3. The Morgan fingerprint density at radius 2 is 1.59 bits per heavy atom. The highest BCUT2D eigenvalue weighted by Crippen LogP contribution is 2.21. The Morgan fingerprint density at radius 3 is 2.15 bits per heavy atom. The number of amides is 1. The minimum absolute atomic E-state index is 0.0256. The molecule has 144 valence electrons. The van der Waals surface area contributed by atoms with Crippen molar-refractivity contribution in [1.82, 2.24) is 14.6 Å². The maximum absolute atomic E-state index is 12.9. The molecule has 0 bridgehead atoms. The molecule has 2 aromatic rings. The van der Waals surface area contributed by atoms with Gasteiger partial charge in [0.05, 0.1) is 4.90 Å². The number of pyridine rings is 1. The molecule has 1 aromatic heterocycles. The molecule has 0 unspecified atom stereocenters. The molecule has 0 aliphatic carbocycles. The summed E-state index contributed by atoms with van der Waals surface area (Å²) >= 11 is 0. The first-order valence-electron chi connectivity index (χ1n) is 8.94. The Bertz CT molecular complexity index is 875. The van der Waals surface area contributed by atoms with Crippen molar-refractivity contribution in [3.8, 4) is 0 Å². The first-order valence-corrected chi connectivity index (χ1v) is 10.4. The van der Waals surface area contributed by atoms with Gasteiger partial charge in [-0.05, 0) is 50.2 Å². The third-order valence-electron chi connectivity index (χ3n) is 4.44. The van der Waals surface area contributed by atoms with Gasteiger partial charge in [-0.2, -0.15) is 4.31 Å². The maximum atomic E-state index is 12.9. The van der Waals surface area contributed by atoms with Gasteiger partial charge in [-0.25, -0.2) is 8.42 Å². The van der Waals surface area contributed by atoms with Crippen molar-refractivity contribution in [2.75, 3.05) is 31.1 Å². The third kappa shape index (κ3) is 4.45. The number of nitrogens with zero attached hydrogens (tertiary/aromatic N) is 3. The lowest BCUT2D eigenvalue weighted by atomic mass is 10.2. The molecule has 7 nitrogen and oxygen atoms in total. The summed E-state index contributed by atoms with van der Waals surface area (Å²) < 4.78 is 27.3. The number of rotatable bonds is 5. The number of nitrogens with one attached hydrogen (secondary N) is 1. The third-order valence-corrected chi connectivity index (χ3v) is 6.35. The molecular weight excluding hydrogens is 364 g/mol. The molecule has 0 spiro atoms. The van der Waals surface area contributed by atoms with E-state index in [0.29, 0.717) is 31.7 Å². The van der Waals surface area contributed by atoms with Gasteiger partial charge in [-0.3, -0.25) is 9.78 Å². The summed E-state index contributed by atoms with van der Waals surface area (Å²) in [5, 5.41) is 2.79. The number of hydrogen-bond acceptors (Lipinski definition) is 5. The first-order chi connectivity index (χ1) is 12.9. The van der Waals surface area contributed by atoms with Crippen molar-refractivity contribution >= 4 is 21.6 Å². The van der Waals surface area contributed by atoms with E-state index >= 15 is 0 Å². The van der Waals surface area contributed by atoms with Gasteiger partial charge in [0.15, 0.2) is 0 Å². The van der Waals surface area contributed by atoms with Crippen LogP contribution < -0.4 is 10.2 Å². The lowest BCUT2D eigenvalue weighted by Crippen LogP contribution is -2.48. The molecule has 27 heavy (non-hydrogen) atoms. The molecule has 3 rings (SSSR count). The predicted octanol–water partition coefficient (Wildman–Crippen LogP) is 1.73. The van der Waals surface area contributed by atoms with Crippen LogP contribution in [0.15, 0.2) is 53.7 Å². The normalized spacial score (nSPS) is 15.7. The van der Waals surface area contributed by atoms with Crippen molar-refractivity contribution < 1.29 is 13.2 Å². The van der Waals surface area contributed by atoms with Gasteiger partial charge in [0.2, 0.25) is 10.0 Å². The second-order valence-electron chi connectivity index (χ2n) is 6.75. The molecule has 0 radical (unpaired) electrons. The fourth-order valence-electron chi connectivity index (χ4n) is 3.01. The number of aromatic nitrogens is 1. The number of carbonyl (C=O) groups excluding carboxylic acids is 1. The Hall–Kier alpha value is -2.45. The quantitative estimate of drug-likeness (QED) is 0.844. The average molecular weight is 388 g/mol. The molecule has 1 amide bonds. The van der Waals surface area contributed by atoms with Crippen molar-refractivity contribution in [3.63, 3.8) is 0 Å². The van der Waals surface area contributed by atoms with Crippen LogP contribution in [0.1, 0.15) is 24.2 Å². The van der Waals surface area contributed by atoms with Gasteiger partial charge >= 0.3 is 0 Å². The number of benzene rings is 1. The van der Waals surface area contributed by atoms with Crippen LogP contribution in [0.25, 0.3) is 0 Å². The fraction of sp³-hybridized carbons (Fsp3) is 0.368. The molecule has 1 aliphatic heterocycles. The highest BCUT2D eigenvalue weighted by molar-refractivity contribution is 7.89. The van der Waals surface area contributed by atoms with E-state index in [1.807, 2.05) is 26.0 Å². The summed E-state index contributed by atoms with van der Waals surface area (Å²) in [4.78, 5) is 18.4. The molecule has 0 saturated carbocycles. The van der Waals surface area contributed by atoms with Crippen LogP contribution in [0.4, 0.5) is 5.69 Å². The van der Waals surface area contributed by atoms with Gasteiger partial charge in [-0.15, -0.1) is 0 Å². The molecule has 0 atom stereocenters. The molecule has 1 saturated heterocycles. The Labute approximate surface area is 160 Å². The zero-order chi connectivity index (χ0) is 19.4. The van der Waals surface area contributed by atoms with E-state index in [4.69, 9.17) is 0 Å². The average Bonchev–Trinajstić information content (AvgIpc) is 2.68. The second-order valence-corrected chi connectivity index (χ2v) is 8.69. The van der Waals surface area contributed by atoms with E-state index in [9.17, 15) is 13.2 Å². The van der Waals surface area contributed by atoms with Gasteiger partial charge in [0, 0.05) is 55.9 Å². The van der Waals surface area contributed by atoms with Crippen molar-refractivity contribution in [2.24, 2.45) is 0 Å². The van der Waals surface area contributed by atoms with Crippen LogP contribution in [0, 0.1) is 0 Å². The standard InChI is InChI=1S/C19H24N4O3S/c1-15(2)21-19(24)16-3-5-18(6-4-16)27(25,26)23-13-11-22(12-14-23)17-7-9-20-10-8-17/h3-10,15H,11-14H2,1-2H3,(H,21,24). The number of hydrogen-bond donors (Lipinski definition) is 1. The van der Waals surface area contributed by atoms with Crippen LogP contribution in [-0.4, -0.2) is 55.8 Å². The number of piperazine rings is 1. The van der Waals surface area contributed by atoms with Gasteiger partial charge < -0.3 is 10.2 Å². The molecule has 1 N–H and O–H groups in total. The van der Waals surface area contributed by atoms with Crippen LogP contribution in [0.5, 0.6) is 0 Å². The van der Waals surface area contributed by atoms with Crippen molar-refractivity contribution in [3.05, 3.63) is 54.4 Å². The van der Waals surface area contributed by atoms with E-state index in [1.54, 1.807) is 24.5 Å². The highest BCUT2D eigenvalue weighted by Gasteiger charge is 2.28. The van der Waals surface area contributed by atoms with E-state index in [2.05, 4.69) is 15.2 Å². The summed E-state index contributed by atoms with van der Waals surface area (Å²) in [6.07, 6.45) is 3.46. The first kappa shape index (κ1) is 19.3. The van der Waals surface area contributed by atoms with Gasteiger partial charge in [0.25, 0.3) is 5.91 Å². The molecule has 1 aromatic carbocycles. The minimum Gasteiger partial charge on any atom is -0.369 e. The number of carbonyl (C=O) groups is 1. The topological polar surface area (TPSA) is 82.6 Å². The predicted molar refractivity (Wildman–Crippen MR) is 104 cm³/mol. The van der Waals surface area contributed by atoms with Crippen molar-refractivity contribution in [1.29, 1.82) is 0 Å². The Morgan fingerprint density at radius 1 is 1.00 bits per heavy atom. The Balaban J connectivity index is 1.67.